The molecule has 0 saturated heterocycles. The molecule has 0 bridgehead atoms. The van der Waals surface area contributed by atoms with E-state index < -0.39 is 0 Å². The molecule has 0 saturated carbocycles. The van der Waals surface area contributed by atoms with Gasteiger partial charge < -0.3 is 9.80 Å². The summed E-state index contributed by atoms with van der Waals surface area (Å²) < 4.78 is 0. The molecule has 9 heavy (non-hydrogen) atoms. The van der Waals surface area contributed by atoms with E-state index in [0.29, 0.717) is 0 Å². The van der Waals surface area contributed by atoms with Crippen LogP contribution >= 0.6 is 11.8 Å². The molecule has 0 atom stereocenters. The minimum Gasteiger partial charge on any atom is -0.349 e. The highest BCUT2D eigenvalue weighted by Crippen LogP contribution is 2.10. The Hall–Kier alpha value is -0.310. The van der Waals surface area contributed by atoms with Crippen molar-refractivity contribution in [3.8, 4) is 0 Å². The predicted molar refractivity (Wildman–Crippen MR) is 40.4 cm³/mol. The molecule has 0 aromatic rings. The van der Waals surface area contributed by atoms with E-state index >= 15 is 0 Å². The van der Waals surface area contributed by atoms with Gasteiger partial charge in [0.1, 0.15) is 0 Å². The lowest BCUT2D eigenvalue weighted by Gasteiger charge is -2.13. The van der Waals surface area contributed by atoms with Crippen molar-refractivity contribution in [3.05, 3.63) is 19.1 Å². The van der Waals surface area contributed by atoms with Crippen molar-refractivity contribution in [2.75, 3.05) is 19.2 Å². The third kappa shape index (κ3) is 1.82. The Morgan fingerprint density at radius 3 is 2.78 bits per heavy atom. The van der Waals surface area contributed by atoms with Gasteiger partial charge in [0.05, 0.1) is 5.88 Å². The van der Waals surface area contributed by atoms with Crippen molar-refractivity contribution in [1.29, 1.82) is 0 Å². The summed E-state index contributed by atoms with van der Waals surface area (Å²) in [6.45, 7) is 3.09. The zero-order valence-electron chi connectivity index (χ0n) is 5.66. The molecule has 2 nitrogen and oxygen atoms in total. The van der Waals surface area contributed by atoms with Crippen LogP contribution in [-0.2, 0) is 0 Å². The lowest BCUT2D eigenvalue weighted by Crippen LogP contribution is -2.15. The largest absolute Gasteiger partial charge is 0.349 e. The Labute approximate surface area is 60.5 Å². The Morgan fingerprint density at radius 1 is 1.56 bits per heavy atom. The van der Waals surface area contributed by atoms with E-state index in [1.165, 1.54) is 0 Å². The van der Waals surface area contributed by atoms with Crippen LogP contribution in [0.5, 0.6) is 0 Å². The van der Waals surface area contributed by atoms with Gasteiger partial charge in [-0.05, 0) is 6.26 Å². The van der Waals surface area contributed by atoms with E-state index in [9.17, 15) is 0 Å². The minimum absolute atomic E-state index is 0.987. The maximum absolute atomic E-state index is 3.09. The Balaban J connectivity index is 2.24. The molecule has 1 aliphatic rings. The maximum atomic E-state index is 3.09. The van der Waals surface area contributed by atoms with Crippen molar-refractivity contribution in [2.45, 2.75) is 0 Å². The Bertz CT molecular complexity index is 114. The van der Waals surface area contributed by atoms with Crippen LogP contribution in [0.2, 0.25) is 0 Å². The van der Waals surface area contributed by atoms with Crippen molar-refractivity contribution in [3.63, 3.8) is 0 Å². The molecular weight excluding hydrogens is 132 g/mol. The van der Waals surface area contributed by atoms with Gasteiger partial charge in [-0.3, -0.25) is 0 Å². The fraction of sp³-hybridized carbons (Fsp3) is 0.500. The number of rotatable bonds is 2. The summed E-state index contributed by atoms with van der Waals surface area (Å²) in [5, 5.41) is 0. The van der Waals surface area contributed by atoms with Gasteiger partial charge >= 0.3 is 0 Å². The fourth-order valence-corrected chi connectivity index (χ4v) is 1.08. The molecule has 0 unspecified atom stereocenters. The molecule has 50 valence electrons. The van der Waals surface area contributed by atoms with Crippen LogP contribution in [-0.4, -0.2) is 29.0 Å². The maximum Gasteiger partial charge on any atom is 0.208 e. The summed E-state index contributed by atoms with van der Waals surface area (Å²) >= 11 is 1.79. The minimum atomic E-state index is 0.987. The van der Waals surface area contributed by atoms with E-state index in [1.807, 2.05) is 29.2 Å². The second kappa shape index (κ2) is 3.01. The third-order valence-electron chi connectivity index (χ3n) is 1.02. The Kier molecular flexibility index (Phi) is 2.28. The molecule has 0 aromatic carbocycles. The molecule has 1 rings (SSSR count). The molecule has 0 fully saturated rings. The first kappa shape index (κ1) is 6.81. The van der Waals surface area contributed by atoms with E-state index in [-0.39, 0.29) is 0 Å². The molecule has 0 aromatic heterocycles. The number of hydrogen-bond donors (Lipinski definition) is 0. The van der Waals surface area contributed by atoms with Gasteiger partial charge in [-0.15, -0.1) is 11.8 Å². The average Bonchev–Trinajstić information content (AvgIpc) is 2.17. The van der Waals surface area contributed by atoms with Crippen LogP contribution in [0.1, 0.15) is 0 Å². The SMILES string of the molecule is CSCN1[C]N(C)C=C1. The quantitative estimate of drug-likeness (QED) is 0.568. The molecule has 0 aliphatic carbocycles. The lowest BCUT2D eigenvalue weighted by atomic mass is 10.9. The second-order valence-electron chi connectivity index (χ2n) is 1.90. The van der Waals surface area contributed by atoms with E-state index in [1.54, 1.807) is 11.8 Å². The summed E-state index contributed by atoms with van der Waals surface area (Å²) in [6.07, 6.45) is 6.07. The number of thioether (sulfide) groups is 1. The summed E-state index contributed by atoms with van der Waals surface area (Å²) in [5.41, 5.74) is 0. The molecule has 3 heteroatoms. The van der Waals surface area contributed by atoms with Crippen molar-refractivity contribution in [1.82, 2.24) is 9.80 Å². The first-order chi connectivity index (χ1) is 4.33. The van der Waals surface area contributed by atoms with Crippen LogP contribution in [0, 0.1) is 6.67 Å². The zero-order valence-corrected chi connectivity index (χ0v) is 6.48. The summed E-state index contributed by atoms with van der Waals surface area (Å²) in [7, 11) is 1.97. The van der Waals surface area contributed by atoms with Crippen LogP contribution in [0.25, 0.3) is 0 Å². The van der Waals surface area contributed by atoms with E-state index in [0.717, 1.165) is 5.88 Å². The zero-order chi connectivity index (χ0) is 6.69. The molecule has 1 aliphatic heterocycles. The van der Waals surface area contributed by atoms with Crippen molar-refractivity contribution < 1.29 is 0 Å². The number of nitrogens with zero attached hydrogens (tertiary/aromatic N) is 2. The molecule has 0 N–H and O–H groups in total. The molecule has 0 spiro atoms. The first-order valence-electron chi connectivity index (χ1n) is 2.76. The average molecular weight is 142 g/mol. The van der Waals surface area contributed by atoms with Crippen LogP contribution in [0.4, 0.5) is 0 Å². The van der Waals surface area contributed by atoms with Gasteiger partial charge in [0, 0.05) is 19.4 Å². The van der Waals surface area contributed by atoms with Crippen LogP contribution < -0.4 is 0 Å². The number of hydrogen-bond acceptors (Lipinski definition) is 3. The van der Waals surface area contributed by atoms with Crippen molar-refractivity contribution >= 4 is 11.8 Å². The van der Waals surface area contributed by atoms with E-state index in [2.05, 4.69) is 12.9 Å². The summed E-state index contributed by atoms with van der Waals surface area (Å²) in [6, 6.07) is 0. The lowest BCUT2D eigenvalue weighted by molar-refractivity contribution is 0.423. The smallest absolute Gasteiger partial charge is 0.208 e. The molecule has 2 radical (unpaired) electrons. The van der Waals surface area contributed by atoms with Gasteiger partial charge in [0.15, 0.2) is 0 Å². The van der Waals surface area contributed by atoms with Gasteiger partial charge in [0.25, 0.3) is 0 Å². The van der Waals surface area contributed by atoms with Gasteiger partial charge in [-0.25, -0.2) is 0 Å². The predicted octanol–water partition coefficient (Wildman–Crippen LogP) is 1.02. The molecule has 1 heterocycles. The van der Waals surface area contributed by atoms with Crippen LogP contribution in [0.15, 0.2) is 12.4 Å². The third-order valence-corrected chi connectivity index (χ3v) is 1.56. The normalized spacial score (nSPS) is 17.6. The van der Waals surface area contributed by atoms with E-state index in [4.69, 9.17) is 0 Å². The summed E-state index contributed by atoms with van der Waals surface area (Å²) in [5.74, 6) is 0.987. The fourth-order valence-electron chi connectivity index (χ4n) is 0.661. The monoisotopic (exact) mass is 142 g/mol. The van der Waals surface area contributed by atoms with Gasteiger partial charge in [-0.2, -0.15) is 0 Å². The highest BCUT2D eigenvalue weighted by Gasteiger charge is 2.08. The highest BCUT2D eigenvalue weighted by molar-refractivity contribution is 7.98. The standard InChI is InChI=1S/C6H10N2S/c1-7-3-4-8(5-7)6-9-2/h3-4H,6H2,1-2H3. The molecular formula is C6H10N2S. The summed E-state index contributed by atoms with van der Waals surface area (Å²) in [4.78, 5) is 3.93. The van der Waals surface area contributed by atoms with Gasteiger partial charge in [-0.1, -0.05) is 0 Å². The Morgan fingerprint density at radius 2 is 2.33 bits per heavy atom. The van der Waals surface area contributed by atoms with Gasteiger partial charge in [0.2, 0.25) is 6.67 Å². The topological polar surface area (TPSA) is 6.48 Å². The van der Waals surface area contributed by atoms with Crippen molar-refractivity contribution in [2.24, 2.45) is 0 Å². The second-order valence-corrected chi connectivity index (χ2v) is 2.73. The first-order valence-corrected chi connectivity index (χ1v) is 4.15. The highest BCUT2D eigenvalue weighted by atomic mass is 32.2. The molecule has 0 amide bonds. The van der Waals surface area contributed by atoms with Crippen LogP contribution in [0.3, 0.4) is 0 Å².